The summed E-state index contributed by atoms with van der Waals surface area (Å²) in [7, 11) is 1.69. The minimum atomic E-state index is 0.445. The van der Waals surface area contributed by atoms with Crippen molar-refractivity contribution in [1.29, 1.82) is 0 Å². The summed E-state index contributed by atoms with van der Waals surface area (Å²) in [4.78, 5) is 7.33. The first-order chi connectivity index (χ1) is 13.8. The number of anilines is 1. The highest BCUT2D eigenvalue weighted by Gasteiger charge is 2.21. The average molecular weight is 380 g/mol. The summed E-state index contributed by atoms with van der Waals surface area (Å²) in [5, 5.41) is 3.71. The van der Waals surface area contributed by atoms with Gasteiger partial charge in [0, 0.05) is 32.2 Å². The molecular formula is C22H29N5O. The van der Waals surface area contributed by atoms with Crippen LogP contribution in [0.15, 0.2) is 48.5 Å². The second kappa shape index (κ2) is 8.63. The van der Waals surface area contributed by atoms with Gasteiger partial charge in [-0.3, -0.25) is 0 Å². The first kappa shape index (κ1) is 18.8. The number of aromatic nitrogens is 2. The van der Waals surface area contributed by atoms with Gasteiger partial charge in [0.25, 0.3) is 0 Å². The van der Waals surface area contributed by atoms with Gasteiger partial charge in [-0.15, -0.1) is 0 Å². The summed E-state index contributed by atoms with van der Waals surface area (Å²) in [6.07, 6.45) is 2.23. The van der Waals surface area contributed by atoms with Gasteiger partial charge in [-0.1, -0.05) is 24.3 Å². The van der Waals surface area contributed by atoms with Crippen LogP contribution >= 0.6 is 0 Å². The van der Waals surface area contributed by atoms with Gasteiger partial charge in [0.05, 0.1) is 24.7 Å². The lowest BCUT2D eigenvalue weighted by Crippen LogP contribution is -2.41. The van der Waals surface area contributed by atoms with E-state index in [0.717, 1.165) is 68.3 Å². The minimum Gasteiger partial charge on any atom is -0.497 e. The predicted molar refractivity (Wildman–Crippen MR) is 114 cm³/mol. The van der Waals surface area contributed by atoms with Crippen molar-refractivity contribution in [3.63, 3.8) is 0 Å². The Morgan fingerprint density at radius 3 is 2.57 bits per heavy atom. The number of benzene rings is 2. The molecule has 2 aromatic carbocycles. The smallest absolute Gasteiger partial charge is 0.204 e. The van der Waals surface area contributed by atoms with Crippen molar-refractivity contribution in [1.82, 2.24) is 14.5 Å². The van der Waals surface area contributed by atoms with E-state index < -0.39 is 0 Å². The van der Waals surface area contributed by atoms with Crippen molar-refractivity contribution in [2.75, 3.05) is 38.6 Å². The number of para-hydroxylation sites is 2. The third-order valence-corrected chi connectivity index (χ3v) is 5.52. The predicted octanol–water partition coefficient (Wildman–Crippen LogP) is 2.93. The van der Waals surface area contributed by atoms with Crippen LogP contribution in [0.25, 0.3) is 11.0 Å². The highest BCUT2D eigenvalue weighted by molar-refractivity contribution is 5.78. The van der Waals surface area contributed by atoms with E-state index >= 15 is 0 Å². The zero-order chi connectivity index (χ0) is 19.3. The Balaban J connectivity index is 1.55. The van der Waals surface area contributed by atoms with Crippen LogP contribution in [0, 0.1) is 0 Å². The molecule has 6 heteroatoms. The summed E-state index contributed by atoms with van der Waals surface area (Å²) in [5.74, 6) is 1.83. The van der Waals surface area contributed by atoms with Crippen LogP contribution in [0.3, 0.4) is 0 Å². The van der Waals surface area contributed by atoms with E-state index in [9.17, 15) is 0 Å². The fraction of sp³-hybridized carbons (Fsp3) is 0.409. The van der Waals surface area contributed by atoms with Gasteiger partial charge >= 0.3 is 0 Å². The van der Waals surface area contributed by atoms with E-state index in [1.807, 2.05) is 18.2 Å². The molecule has 1 aliphatic rings. The Bertz CT molecular complexity index is 897. The number of fused-ring (bicyclic) bond motifs is 1. The van der Waals surface area contributed by atoms with Gasteiger partial charge in [-0.25, -0.2) is 4.98 Å². The van der Waals surface area contributed by atoms with Gasteiger partial charge in [0.2, 0.25) is 5.95 Å². The molecule has 4 rings (SSSR count). The van der Waals surface area contributed by atoms with Gasteiger partial charge in [0.15, 0.2) is 0 Å². The van der Waals surface area contributed by atoms with Gasteiger partial charge in [0.1, 0.15) is 5.75 Å². The molecule has 1 fully saturated rings. The SMILES string of the molecule is COc1ccc(Cn2c(NC3CCN(CCN)CC3)nc3ccccc32)cc1. The first-order valence-electron chi connectivity index (χ1n) is 10.0. The van der Waals surface area contributed by atoms with Crippen LogP contribution in [0.1, 0.15) is 18.4 Å². The van der Waals surface area contributed by atoms with Gasteiger partial charge in [-0.2, -0.15) is 0 Å². The number of imidazole rings is 1. The maximum atomic E-state index is 5.69. The molecule has 1 aromatic heterocycles. The Hall–Kier alpha value is -2.57. The minimum absolute atomic E-state index is 0.445. The molecule has 0 atom stereocenters. The van der Waals surface area contributed by atoms with Crippen LogP contribution < -0.4 is 15.8 Å². The molecule has 3 aromatic rings. The second-order valence-electron chi connectivity index (χ2n) is 7.41. The number of piperidine rings is 1. The van der Waals surface area contributed by atoms with Crippen molar-refractivity contribution >= 4 is 17.0 Å². The molecule has 2 heterocycles. The molecular weight excluding hydrogens is 350 g/mol. The van der Waals surface area contributed by atoms with E-state index in [1.54, 1.807) is 7.11 Å². The van der Waals surface area contributed by atoms with Crippen LogP contribution in [-0.4, -0.2) is 53.8 Å². The number of nitrogens with zero attached hydrogens (tertiary/aromatic N) is 3. The highest BCUT2D eigenvalue weighted by atomic mass is 16.5. The lowest BCUT2D eigenvalue weighted by atomic mass is 10.1. The fourth-order valence-electron chi connectivity index (χ4n) is 3.93. The van der Waals surface area contributed by atoms with Gasteiger partial charge < -0.3 is 25.3 Å². The van der Waals surface area contributed by atoms with E-state index in [2.05, 4.69) is 45.1 Å². The lowest BCUT2D eigenvalue weighted by Gasteiger charge is -2.32. The number of nitrogens with one attached hydrogen (secondary N) is 1. The molecule has 28 heavy (non-hydrogen) atoms. The zero-order valence-electron chi connectivity index (χ0n) is 16.5. The third kappa shape index (κ3) is 4.13. The van der Waals surface area contributed by atoms with Crippen molar-refractivity contribution in [2.24, 2.45) is 5.73 Å². The Morgan fingerprint density at radius 2 is 1.86 bits per heavy atom. The average Bonchev–Trinajstić information content (AvgIpc) is 3.07. The lowest BCUT2D eigenvalue weighted by molar-refractivity contribution is 0.224. The fourth-order valence-corrected chi connectivity index (χ4v) is 3.93. The van der Waals surface area contributed by atoms with E-state index in [1.165, 1.54) is 5.56 Å². The Morgan fingerprint density at radius 1 is 1.11 bits per heavy atom. The maximum Gasteiger partial charge on any atom is 0.204 e. The molecule has 0 saturated carbocycles. The molecule has 0 amide bonds. The highest BCUT2D eigenvalue weighted by Crippen LogP contribution is 2.24. The third-order valence-electron chi connectivity index (χ3n) is 5.52. The molecule has 0 unspecified atom stereocenters. The van der Waals surface area contributed by atoms with Crippen molar-refractivity contribution in [2.45, 2.75) is 25.4 Å². The summed E-state index contributed by atoms with van der Waals surface area (Å²) < 4.78 is 7.56. The normalized spacial score (nSPS) is 15.8. The first-order valence-corrected chi connectivity index (χ1v) is 10.0. The standard InChI is InChI=1S/C22H29N5O/c1-28-19-8-6-17(7-9-19)16-27-21-5-3-2-4-20(21)25-22(27)24-18-10-13-26(14-11-18)15-12-23/h2-9,18H,10-16,23H2,1H3,(H,24,25). The van der Waals surface area contributed by atoms with Crippen molar-refractivity contribution in [3.05, 3.63) is 54.1 Å². The number of methoxy groups -OCH3 is 1. The molecule has 0 bridgehead atoms. The number of hydrogen-bond acceptors (Lipinski definition) is 5. The van der Waals surface area contributed by atoms with Crippen LogP contribution in [0.5, 0.6) is 5.75 Å². The molecule has 1 saturated heterocycles. The number of nitrogens with two attached hydrogens (primary N) is 1. The summed E-state index contributed by atoms with van der Waals surface area (Å²) in [5.41, 5.74) is 9.10. The number of ether oxygens (including phenoxy) is 1. The summed E-state index contributed by atoms with van der Waals surface area (Å²) >= 11 is 0. The monoisotopic (exact) mass is 379 g/mol. The topological polar surface area (TPSA) is 68.3 Å². The molecule has 6 nitrogen and oxygen atoms in total. The molecule has 3 N–H and O–H groups in total. The van der Waals surface area contributed by atoms with Crippen molar-refractivity contribution < 1.29 is 4.74 Å². The van der Waals surface area contributed by atoms with E-state index in [-0.39, 0.29) is 0 Å². The largest absolute Gasteiger partial charge is 0.497 e. The Kier molecular flexibility index (Phi) is 5.78. The maximum absolute atomic E-state index is 5.69. The Labute approximate surface area is 166 Å². The number of hydrogen-bond donors (Lipinski definition) is 2. The van der Waals surface area contributed by atoms with Crippen molar-refractivity contribution in [3.8, 4) is 5.75 Å². The second-order valence-corrected chi connectivity index (χ2v) is 7.41. The molecule has 0 spiro atoms. The molecule has 0 aliphatic carbocycles. The van der Waals surface area contributed by atoms with Crippen LogP contribution in [0.2, 0.25) is 0 Å². The summed E-state index contributed by atoms with van der Waals surface area (Å²) in [6, 6.07) is 17.0. The number of likely N-dealkylation sites (tertiary alicyclic amines) is 1. The quantitative estimate of drug-likeness (QED) is 0.661. The van der Waals surface area contributed by atoms with Crippen LogP contribution in [-0.2, 0) is 6.54 Å². The van der Waals surface area contributed by atoms with E-state index in [4.69, 9.17) is 15.5 Å². The van der Waals surface area contributed by atoms with Gasteiger partial charge in [-0.05, 0) is 42.7 Å². The van der Waals surface area contributed by atoms with Crippen LogP contribution in [0.4, 0.5) is 5.95 Å². The van der Waals surface area contributed by atoms with E-state index in [0.29, 0.717) is 6.04 Å². The molecule has 148 valence electrons. The summed E-state index contributed by atoms with van der Waals surface area (Å²) in [6.45, 7) is 4.68. The molecule has 1 aliphatic heterocycles. The number of rotatable bonds is 7. The molecule has 0 radical (unpaired) electrons. The zero-order valence-corrected chi connectivity index (χ0v) is 16.5.